The fourth-order valence-electron chi connectivity index (χ4n) is 3.73. The van der Waals surface area contributed by atoms with Crippen molar-refractivity contribution < 1.29 is 18.7 Å². The second-order valence-electron chi connectivity index (χ2n) is 7.73. The number of benzene rings is 2. The Morgan fingerprint density at radius 1 is 1.10 bits per heavy atom. The standard InChI is InChI=1S/C23H27FN2O3/c1-15(2)23(28)26-13-20(17-6-10-19(29-3)11-7-17)21(14-26)22(27)25-12-16-4-8-18(24)9-5-16/h4-11,15,20-21H,12-14H2,1-3H3,(H,25,27)/t20-,21+/m1/s1. The number of ether oxygens (including phenoxy) is 1. The molecule has 1 heterocycles. The first kappa shape index (κ1) is 20.8. The van der Waals surface area contributed by atoms with E-state index in [-0.39, 0.29) is 35.4 Å². The second kappa shape index (κ2) is 9.07. The van der Waals surface area contributed by atoms with Crippen molar-refractivity contribution in [2.45, 2.75) is 26.3 Å². The van der Waals surface area contributed by atoms with Crippen LogP contribution in [0, 0.1) is 17.7 Å². The summed E-state index contributed by atoms with van der Waals surface area (Å²) in [5.74, 6) is -0.153. The van der Waals surface area contributed by atoms with Crippen LogP contribution in [0.3, 0.4) is 0 Å². The van der Waals surface area contributed by atoms with Crippen molar-refractivity contribution in [3.05, 3.63) is 65.5 Å². The van der Waals surface area contributed by atoms with Crippen molar-refractivity contribution in [3.63, 3.8) is 0 Å². The number of halogens is 1. The number of carbonyl (C=O) groups is 2. The molecule has 29 heavy (non-hydrogen) atoms. The summed E-state index contributed by atoms with van der Waals surface area (Å²) in [6, 6.07) is 13.7. The van der Waals surface area contributed by atoms with Gasteiger partial charge in [-0.1, -0.05) is 38.1 Å². The Hall–Kier alpha value is -2.89. The predicted octanol–water partition coefficient (Wildman–Crippen LogP) is 3.35. The first-order chi connectivity index (χ1) is 13.9. The number of rotatable bonds is 6. The van der Waals surface area contributed by atoms with Crippen LogP contribution in [0.4, 0.5) is 4.39 Å². The van der Waals surface area contributed by atoms with Gasteiger partial charge in [0.05, 0.1) is 13.0 Å². The molecule has 1 fully saturated rings. The number of hydrogen-bond acceptors (Lipinski definition) is 3. The highest BCUT2D eigenvalue weighted by Gasteiger charge is 2.40. The molecule has 2 aromatic rings. The van der Waals surface area contributed by atoms with Crippen LogP contribution in [0.5, 0.6) is 5.75 Å². The van der Waals surface area contributed by atoms with Gasteiger partial charge in [-0.05, 0) is 35.4 Å². The van der Waals surface area contributed by atoms with Gasteiger partial charge < -0.3 is 15.0 Å². The van der Waals surface area contributed by atoms with Crippen molar-refractivity contribution in [2.24, 2.45) is 11.8 Å². The molecule has 0 saturated carbocycles. The van der Waals surface area contributed by atoms with Gasteiger partial charge in [0.25, 0.3) is 0 Å². The molecular formula is C23H27FN2O3. The third kappa shape index (κ3) is 4.94. The Bertz CT molecular complexity index is 849. The maximum absolute atomic E-state index is 13.1. The fraction of sp³-hybridized carbons (Fsp3) is 0.391. The summed E-state index contributed by atoms with van der Waals surface area (Å²) < 4.78 is 18.3. The lowest BCUT2D eigenvalue weighted by Crippen LogP contribution is -2.36. The Morgan fingerprint density at radius 2 is 1.76 bits per heavy atom. The normalized spacial score (nSPS) is 18.7. The van der Waals surface area contributed by atoms with Crippen LogP contribution >= 0.6 is 0 Å². The molecule has 0 radical (unpaired) electrons. The zero-order valence-electron chi connectivity index (χ0n) is 17.0. The van der Waals surface area contributed by atoms with Crippen LogP contribution in [0.15, 0.2) is 48.5 Å². The smallest absolute Gasteiger partial charge is 0.225 e. The van der Waals surface area contributed by atoms with Gasteiger partial charge in [-0.15, -0.1) is 0 Å². The number of carbonyl (C=O) groups excluding carboxylic acids is 2. The summed E-state index contributed by atoms with van der Waals surface area (Å²) in [6.07, 6.45) is 0. The van der Waals surface area contributed by atoms with Crippen LogP contribution in [-0.2, 0) is 16.1 Å². The third-order valence-electron chi connectivity index (χ3n) is 5.39. The predicted molar refractivity (Wildman–Crippen MR) is 109 cm³/mol. The quantitative estimate of drug-likeness (QED) is 0.812. The molecule has 3 rings (SSSR count). The SMILES string of the molecule is COc1ccc([C@H]2CN(C(=O)C(C)C)C[C@@H]2C(=O)NCc2ccc(F)cc2)cc1. The minimum atomic E-state index is -0.341. The van der Waals surface area contributed by atoms with E-state index >= 15 is 0 Å². The maximum Gasteiger partial charge on any atom is 0.225 e. The number of methoxy groups -OCH3 is 1. The minimum Gasteiger partial charge on any atom is -0.497 e. The molecule has 0 spiro atoms. The van der Waals surface area contributed by atoms with Crippen LogP contribution in [0.2, 0.25) is 0 Å². The molecule has 0 bridgehead atoms. The van der Waals surface area contributed by atoms with Gasteiger partial charge in [0.2, 0.25) is 11.8 Å². The average Bonchev–Trinajstić information content (AvgIpc) is 3.18. The van der Waals surface area contributed by atoms with E-state index < -0.39 is 0 Å². The highest BCUT2D eigenvalue weighted by atomic mass is 19.1. The fourth-order valence-corrected chi connectivity index (χ4v) is 3.73. The van der Waals surface area contributed by atoms with Crippen molar-refractivity contribution in [1.82, 2.24) is 10.2 Å². The van der Waals surface area contributed by atoms with Gasteiger partial charge in [-0.2, -0.15) is 0 Å². The van der Waals surface area contributed by atoms with Crippen molar-refractivity contribution in [3.8, 4) is 5.75 Å². The van der Waals surface area contributed by atoms with Crippen molar-refractivity contribution in [1.29, 1.82) is 0 Å². The largest absolute Gasteiger partial charge is 0.497 e. The highest BCUT2D eigenvalue weighted by Crippen LogP contribution is 2.34. The first-order valence-electron chi connectivity index (χ1n) is 9.84. The van der Waals surface area contributed by atoms with E-state index in [0.29, 0.717) is 19.6 Å². The zero-order valence-corrected chi connectivity index (χ0v) is 17.0. The number of hydrogen-bond donors (Lipinski definition) is 1. The molecular weight excluding hydrogens is 371 g/mol. The van der Waals surface area contributed by atoms with Crippen molar-refractivity contribution in [2.75, 3.05) is 20.2 Å². The summed E-state index contributed by atoms with van der Waals surface area (Å²) in [5, 5.41) is 2.95. The Balaban J connectivity index is 1.76. The van der Waals surface area contributed by atoms with E-state index in [0.717, 1.165) is 16.9 Å². The molecule has 1 aliphatic heterocycles. The van der Waals surface area contributed by atoms with Crippen LogP contribution in [0.1, 0.15) is 30.9 Å². The summed E-state index contributed by atoms with van der Waals surface area (Å²) >= 11 is 0. The number of nitrogens with one attached hydrogen (secondary N) is 1. The second-order valence-corrected chi connectivity index (χ2v) is 7.73. The highest BCUT2D eigenvalue weighted by molar-refractivity contribution is 5.84. The molecule has 1 aliphatic rings. The van der Waals surface area contributed by atoms with E-state index in [9.17, 15) is 14.0 Å². The summed E-state index contributed by atoms with van der Waals surface area (Å²) in [6.45, 7) is 4.96. The summed E-state index contributed by atoms with van der Waals surface area (Å²) in [7, 11) is 1.61. The Kier molecular flexibility index (Phi) is 6.52. The Labute approximate surface area is 170 Å². The van der Waals surface area contributed by atoms with E-state index in [4.69, 9.17) is 4.74 Å². The van der Waals surface area contributed by atoms with E-state index in [1.54, 1.807) is 24.1 Å². The molecule has 2 amide bonds. The van der Waals surface area contributed by atoms with Crippen LogP contribution in [-0.4, -0.2) is 36.9 Å². The van der Waals surface area contributed by atoms with Crippen molar-refractivity contribution >= 4 is 11.8 Å². The molecule has 2 aromatic carbocycles. The van der Waals surface area contributed by atoms with Crippen LogP contribution < -0.4 is 10.1 Å². The van der Waals surface area contributed by atoms with Gasteiger partial charge in [0, 0.05) is 31.5 Å². The molecule has 2 atom stereocenters. The van der Waals surface area contributed by atoms with E-state index in [1.165, 1.54) is 12.1 Å². The molecule has 6 heteroatoms. The zero-order chi connectivity index (χ0) is 21.0. The monoisotopic (exact) mass is 398 g/mol. The average molecular weight is 398 g/mol. The van der Waals surface area contributed by atoms with E-state index in [1.807, 2.05) is 38.1 Å². The molecule has 0 aliphatic carbocycles. The van der Waals surface area contributed by atoms with Gasteiger partial charge in [0.15, 0.2) is 0 Å². The molecule has 1 saturated heterocycles. The number of amides is 2. The summed E-state index contributed by atoms with van der Waals surface area (Å²) in [5.41, 5.74) is 1.83. The lowest BCUT2D eigenvalue weighted by Gasteiger charge is -2.18. The maximum atomic E-state index is 13.1. The topological polar surface area (TPSA) is 58.6 Å². The molecule has 0 unspecified atom stereocenters. The molecule has 5 nitrogen and oxygen atoms in total. The molecule has 154 valence electrons. The molecule has 1 N–H and O–H groups in total. The molecule has 0 aromatic heterocycles. The van der Waals surface area contributed by atoms with Gasteiger partial charge in [-0.25, -0.2) is 4.39 Å². The lowest BCUT2D eigenvalue weighted by atomic mass is 9.88. The Morgan fingerprint density at radius 3 is 2.34 bits per heavy atom. The first-order valence-corrected chi connectivity index (χ1v) is 9.84. The minimum absolute atomic E-state index is 0.0531. The van der Waals surface area contributed by atoms with Gasteiger partial charge >= 0.3 is 0 Å². The van der Waals surface area contributed by atoms with Crippen LogP contribution in [0.25, 0.3) is 0 Å². The van der Waals surface area contributed by atoms with Gasteiger partial charge in [0.1, 0.15) is 11.6 Å². The van der Waals surface area contributed by atoms with Gasteiger partial charge in [-0.3, -0.25) is 9.59 Å². The lowest BCUT2D eigenvalue weighted by molar-refractivity contribution is -0.133. The summed E-state index contributed by atoms with van der Waals surface area (Å²) in [4.78, 5) is 27.3. The number of nitrogens with zero attached hydrogens (tertiary/aromatic N) is 1. The van der Waals surface area contributed by atoms with E-state index in [2.05, 4.69) is 5.32 Å². The number of likely N-dealkylation sites (tertiary alicyclic amines) is 1. The third-order valence-corrected chi connectivity index (χ3v) is 5.39.